The summed E-state index contributed by atoms with van der Waals surface area (Å²) in [5.41, 5.74) is 3.45. The quantitative estimate of drug-likeness (QED) is 0.607. The average Bonchev–Trinajstić information content (AvgIpc) is 3.01. The Morgan fingerprint density at radius 3 is 2.50 bits per heavy atom. The van der Waals surface area contributed by atoms with Crippen LogP contribution >= 0.6 is 0 Å². The molecule has 4 aromatic rings. The molecule has 0 saturated carbocycles. The van der Waals surface area contributed by atoms with Crippen molar-refractivity contribution < 1.29 is 9.15 Å². The molecular weight excluding hydrogens is 302 g/mol. The smallest absolute Gasteiger partial charge is 0.247 e. The Hall–Kier alpha value is -3.27. The molecule has 0 fully saturated rings. The van der Waals surface area contributed by atoms with Crippen LogP contribution < -0.4 is 10.3 Å². The topological polar surface area (TPSA) is 55.2 Å². The number of rotatable bonds is 3. The zero-order valence-electron chi connectivity index (χ0n) is 13.1. The number of methoxy groups -OCH3 is 1. The molecule has 0 bridgehead atoms. The summed E-state index contributed by atoms with van der Waals surface area (Å²) in [6.45, 7) is 0. The highest BCUT2D eigenvalue weighted by atomic mass is 16.5. The van der Waals surface area contributed by atoms with E-state index in [0.29, 0.717) is 0 Å². The normalized spacial score (nSPS) is 10.9. The van der Waals surface area contributed by atoms with Crippen LogP contribution in [0.25, 0.3) is 33.4 Å². The summed E-state index contributed by atoms with van der Waals surface area (Å²) in [6.07, 6.45) is 1.71. The molecule has 4 rings (SSSR count). The van der Waals surface area contributed by atoms with E-state index in [1.165, 1.54) is 6.07 Å². The molecule has 1 N–H and O–H groups in total. The summed E-state index contributed by atoms with van der Waals surface area (Å²) in [4.78, 5) is 14.1. The molecule has 0 saturated heterocycles. The van der Waals surface area contributed by atoms with Gasteiger partial charge in [-0.15, -0.1) is 0 Å². The van der Waals surface area contributed by atoms with Crippen molar-refractivity contribution in [3.63, 3.8) is 0 Å². The third kappa shape index (κ3) is 2.38. The van der Waals surface area contributed by atoms with Gasteiger partial charge in [-0.2, -0.15) is 0 Å². The molecule has 4 nitrogen and oxygen atoms in total. The average molecular weight is 317 g/mol. The third-order valence-corrected chi connectivity index (χ3v) is 4.01. The van der Waals surface area contributed by atoms with Gasteiger partial charge in [0, 0.05) is 40.4 Å². The van der Waals surface area contributed by atoms with Crippen LogP contribution in [-0.2, 0) is 0 Å². The van der Waals surface area contributed by atoms with E-state index in [1.807, 2.05) is 48.5 Å². The number of aromatic nitrogens is 1. The van der Waals surface area contributed by atoms with Crippen molar-refractivity contribution in [2.75, 3.05) is 7.11 Å². The van der Waals surface area contributed by atoms with Crippen LogP contribution in [0.2, 0.25) is 0 Å². The molecule has 2 aromatic heterocycles. The second kappa shape index (κ2) is 5.74. The lowest BCUT2D eigenvalue weighted by molar-refractivity contribution is 0.414. The monoisotopic (exact) mass is 317 g/mol. The number of benzene rings is 2. The van der Waals surface area contributed by atoms with Gasteiger partial charge in [-0.3, -0.25) is 4.79 Å². The van der Waals surface area contributed by atoms with Crippen LogP contribution in [0, 0.1) is 0 Å². The Bertz CT molecular complexity index is 1040. The van der Waals surface area contributed by atoms with Crippen LogP contribution in [-0.4, -0.2) is 12.1 Å². The number of ether oxygens (including phenoxy) is 1. The van der Waals surface area contributed by atoms with Gasteiger partial charge in [-0.05, 0) is 18.2 Å². The molecule has 0 unspecified atom stereocenters. The second-order valence-electron chi connectivity index (χ2n) is 5.48. The zero-order chi connectivity index (χ0) is 16.5. The first-order chi connectivity index (χ1) is 11.8. The molecule has 4 heteroatoms. The van der Waals surface area contributed by atoms with Gasteiger partial charge in [-0.1, -0.05) is 30.3 Å². The van der Waals surface area contributed by atoms with E-state index in [1.54, 1.807) is 19.4 Å². The van der Waals surface area contributed by atoms with Crippen LogP contribution in [0.15, 0.2) is 76.1 Å². The standard InChI is InChI=1S/C20H15NO3/c1-23-15-8-9-16-17(11-15)24-20(13-5-3-2-4-6-13)19(16)14-7-10-18(22)21-12-14/h2-12H,1H3,(H,21,22). The maximum Gasteiger partial charge on any atom is 0.247 e. The van der Waals surface area contributed by atoms with Crippen molar-refractivity contribution in [1.82, 2.24) is 4.98 Å². The molecular formula is C20H15NO3. The predicted octanol–water partition coefficient (Wildman–Crippen LogP) is 4.46. The number of H-pyrrole nitrogens is 1. The molecule has 0 aliphatic carbocycles. The highest BCUT2D eigenvalue weighted by Crippen LogP contribution is 2.41. The van der Waals surface area contributed by atoms with E-state index >= 15 is 0 Å². The van der Waals surface area contributed by atoms with Gasteiger partial charge < -0.3 is 14.1 Å². The minimum absolute atomic E-state index is 0.130. The largest absolute Gasteiger partial charge is 0.497 e. The van der Waals surface area contributed by atoms with Gasteiger partial charge in [-0.25, -0.2) is 0 Å². The van der Waals surface area contributed by atoms with Crippen LogP contribution in [0.5, 0.6) is 5.75 Å². The van der Waals surface area contributed by atoms with Crippen molar-refractivity contribution in [1.29, 1.82) is 0 Å². The Morgan fingerprint density at radius 1 is 0.958 bits per heavy atom. The number of pyridine rings is 1. The lowest BCUT2D eigenvalue weighted by atomic mass is 10.00. The summed E-state index contributed by atoms with van der Waals surface area (Å²) in [6, 6.07) is 19.0. The van der Waals surface area contributed by atoms with Crippen molar-refractivity contribution in [3.05, 3.63) is 77.2 Å². The summed E-state index contributed by atoms with van der Waals surface area (Å²) in [5.74, 6) is 1.51. The number of furan rings is 1. The Morgan fingerprint density at radius 2 is 1.79 bits per heavy atom. The maximum absolute atomic E-state index is 11.4. The predicted molar refractivity (Wildman–Crippen MR) is 94.3 cm³/mol. The summed E-state index contributed by atoms with van der Waals surface area (Å²) in [7, 11) is 1.63. The van der Waals surface area contributed by atoms with E-state index in [-0.39, 0.29) is 5.56 Å². The summed E-state index contributed by atoms with van der Waals surface area (Å²) >= 11 is 0. The van der Waals surface area contributed by atoms with E-state index in [4.69, 9.17) is 9.15 Å². The first-order valence-corrected chi connectivity index (χ1v) is 7.61. The van der Waals surface area contributed by atoms with Crippen molar-refractivity contribution in [3.8, 4) is 28.2 Å². The minimum atomic E-state index is -0.130. The number of fused-ring (bicyclic) bond motifs is 1. The molecule has 0 radical (unpaired) electrons. The van der Waals surface area contributed by atoms with Crippen LogP contribution in [0.4, 0.5) is 0 Å². The molecule has 0 spiro atoms. The highest BCUT2D eigenvalue weighted by molar-refractivity contribution is 6.01. The first-order valence-electron chi connectivity index (χ1n) is 7.61. The molecule has 2 aromatic carbocycles. The second-order valence-corrected chi connectivity index (χ2v) is 5.48. The highest BCUT2D eigenvalue weighted by Gasteiger charge is 2.18. The van der Waals surface area contributed by atoms with Gasteiger partial charge in [0.25, 0.3) is 0 Å². The number of aromatic amines is 1. The Balaban J connectivity index is 2.04. The molecule has 0 aliphatic rings. The van der Waals surface area contributed by atoms with E-state index in [9.17, 15) is 4.79 Å². The molecule has 118 valence electrons. The fourth-order valence-corrected chi connectivity index (χ4v) is 2.85. The van der Waals surface area contributed by atoms with Crippen molar-refractivity contribution in [2.24, 2.45) is 0 Å². The molecule has 24 heavy (non-hydrogen) atoms. The van der Waals surface area contributed by atoms with Gasteiger partial charge >= 0.3 is 0 Å². The van der Waals surface area contributed by atoms with Crippen LogP contribution in [0.3, 0.4) is 0 Å². The Labute approximate surface area is 138 Å². The molecule has 0 atom stereocenters. The van der Waals surface area contributed by atoms with Gasteiger partial charge in [0.15, 0.2) is 0 Å². The summed E-state index contributed by atoms with van der Waals surface area (Å²) in [5, 5.41) is 0.974. The maximum atomic E-state index is 11.4. The van der Waals surface area contributed by atoms with Crippen molar-refractivity contribution in [2.45, 2.75) is 0 Å². The van der Waals surface area contributed by atoms with Crippen molar-refractivity contribution >= 4 is 11.0 Å². The molecule has 2 heterocycles. The fourth-order valence-electron chi connectivity index (χ4n) is 2.85. The van der Waals surface area contributed by atoms with Gasteiger partial charge in [0.1, 0.15) is 17.1 Å². The molecule has 0 aliphatic heterocycles. The molecule has 0 amide bonds. The fraction of sp³-hybridized carbons (Fsp3) is 0.0500. The number of nitrogens with one attached hydrogen (secondary N) is 1. The SMILES string of the molecule is COc1ccc2c(-c3ccc(=O)[nH]c3)c(-c3ccccc3)oc2c1. The zero-order valence-corrected chi connectivity index (χ0v) is 13.1. The number of hydrogen-bond donors (Lipinski definition) is 1. The van der Waals surface area contributed by atoms with E-state index < -0.39 is 0 Å². The van der Waals surface area contributed by atoms with Crippen LogP contribution in [0.1, 0.15) is 0 Å². The lowest BCUT2D eigenvalue weighted by Gasteiger charge is -2.03. The first kappa shape index (κ1) is 14.3. The minimum Gasteiger partial charge on any atom is -0.497 e. The summed E-state index contributed by atoms with van der Waals surface area (Å²) < 4.78 is 11.4. The van der Waals surface area contributed by atoms with Gasteiger partial charge in [0.2, 0.25) is 5.56 Å². The van der Waals surface area contributed by atoms with E-state index in [0.717, 1.165) is 39.2 Å². The third-order valence-electron chi connectivity index (χ3n) is 4.01. The van der Waals surface area contributed by atoms with E-state index in [2.05, 4.69) is 4.98 Å². The van der Waals surface area contributed by atoms with Gasteiger partial charge in [0.05, 0.1) is 7.11 Å². The Kier molecular flexibility index (Phi) is 3.43. The lowest BCUT2D eigenvalue weighted by Crippen LogP contribution is -2.01. The number of hydrogen-bond acceptors (Lipinski definition) is 3.